The fourth-order valence-corrected chi connectivity index (χ4v) is 4.92. The first kappa shape index (κ1) is 24.1. The van der Waals surface area contributed by atoms with E-state index in [4.69, 9.17) is 16.3 Å². The van der Waals surface area contributed by atoms with E-state index in [9.17, 15) is 19.5 Å². The number of hydrogen-bond acceptors (Lipinski definition) is 7. The summed E-state index contributed by atoms with van der Waals surface area (Å²) in [6.45, 7) is 6.04. The van der Waals surface area contributed by atoms with Gasteiger partial charge in [-0.05, 0) is 35.2 Å². The number of carbonyl (C=O) groups excluding carboxylic acids is 1. The van der Waals surface area contributed by atoms with Gasteiger partial charge in [0.25, 0.3) is 11.6 Å². The molecule has 1 amide bonds. The van der Waals surface area contributed by atoms with Crippen molar-refractivity contribution in [1.82, 2.24) is 0 Å². The van der Waals surface area contributed by atoms with Crippen LogP contribution in [0.4, 0.5) is 17.1 Å². The van der Waals surface area contributed by atoms with Gasteiger partial charge in [-0.3, -0.25) is 14.9 Å². The van der Waals surface area contributed by atoms with Crippen molar-refractivity contribution in [3.63, 3.8) is 0 Å². The number of non-ortho nitro benzene ring substituents is 1. The van der Waals surface area contributed by atoms with Crippen LogP contribution in [-0.4, -0.2) is 28.7 Å². The van der Waals surface area contributed by atoms with Crippen molar-refractivity contribution in [2.45, 2.75) is 26.2 Å². The van der Waals surface area contributed by atoms with E-state index in [1.165, 1.54) is 31.6 Å². The molecule has 8 nitrogen and oxygen atoms in total. The summed E-state index contributed by atoms with van der Waals surface area (Å²) in [4.78, 5) is 24.2. The molecule has 0 fully saturated rings. The number of amides is 1. The number of halogens is 1. The molecule has 32 heavy (non-hydrogen) atoms. The first-order valence-corrected chi connectivity index (χ1v) is 12.2. The highest BCUT2D eigenvalue weighted by molar-refractivity contribution is 7.92. The van der Waals surface area contributed by atoms with Crippen molar-refractivity contribution in [2.24, 2.45) is 0 Å². The minimum absolute atomic E-state index is 0.113. The lowest BCUT2D eigenvalue weighted by Crippen LogP contribution is -2.18. The topological polar surface area (TPSA) is 117 Å². The van der Waals surface area contributed by atoms with Crippen molar-refractivity contribution >= 4 is 67.4 Å². The van der Waals surface area contributed by atoms with E-state index in [1.54, 1.807) is 6.07 Å². The van der Waals surface area contributed by atoms with Gasteiger partial charge in [0.05, 0.1) is 34.0 Å². The van der Waals surface area contributed by atoms with E-state index in [0.717, 1.165) is 16.9 Å². The molecule has 3 aromatic rings. The molecule has 0 aliphatic heterocycles. The summed E-state index contributed by atoms with van der Waals surface area (Å²) >= 11 is 5.82. The number of anilines is 2. The number of carbonyl (C=O) groups is 1. The summed E-state index contributed by atoms with van der Waals surface area (Å²) < 4.78 is 20.5. The van der Waals surface area contributed by atoms with Gasteiger partial charge in [-0.2, -0.15) is 0 Å². The van der Waals surface area contributed by atoms with Crippen LogP contribution in [0.5, 0.6) is 5.75 Å². The predicted molar refractivity (Wildman–Crippen MR) is 131 cm³/mol. The Kier molecular flexibility index (Phi) is 6.89. The molecule has 2 N–H and O–H groups in total. The fraction of sp³-hybridized carbons (Fsp3) is 0.286. The number of benzene rings is 2. The number of rotatable bonds is 6. The lowest BCUT2D eigenvalue weighted by atomic mass is 9.86. The van der Waals surface area contributed by atoms with Crippen LogP contribution in [-0.2, 0) is 16.8 Å². The molecule has 1 heterocycles. The van der Waals surface area contributed by atoms with Crippen molar-refractivity contribution in [2.75, 3.05) is 23.4 Å². The Labute approximate surface area is 197 Å². The summed E-state index contributed by atoms with van der Waals surface area (Å²) in [5.74, 6) is -0.142. The predicted octanol–water partition coefficient (Wildman–Crippen LogP) is 5.73. The van der Waals surface area contributed by atoms with Gasteiger partial charge < -0.3 is 14.6 Å². The highest BCUT2D eigenvalue weighted by Gasteiger charge is 2.24. The van der Waals surface area contributed by atoms with E-state index in [-0.39, 0.29) is 16.0 Å². The van der Waals surface area contributed by atoms with Crippen molar-refractivity contribution < 1.29 is 19.0 Å². The summed E-state index contributed by atoms with van der Waals surface area (Å²) in [5.41, 5.74) is 1.37. The van der Waals surface area contributed by atoms with Crippen LogP contribution in [0.1, 0.15) is 36.0 Å². The van der Waals surface area contributed by atoms with E-state index < -0.39 is 22.2 Å². The van der Waals surface area contributed by atoms with Crippen LogP contribution in [0.2, 0.25) is 5.02 Å². The molecule has 1 atom stereocenters. The lowest BCUT2D eigenvalue weighted by Gasteiger charge is -2.23. The highest BCUT2D eigenvalue weighted by atomic mass is 35.5. The van der Waals surface area contributed by atoms with Gasteiger partial charge in [-0.15, -0.1) is 11.3 Å². The standard InChI is InChI=1S/C21H22ClN3O5S2/c1-21(2,3)11-8-14(18(30-4)15(9-11)24-32(5)29)23-20(26)17-10-12-13(22)6-7-16(25(27)28)19(12)31-17/h6-10,24H,1-5H3,(H,23,26). The molecule has 2 aromatic carbocycles. The van der Waals surface area contributed by atoms with Crippen LogP contribution in [0, 0.1) is 10.1 Å². The maximum Gasteiger partial charge on any atom is 0.287 e. The first-order chi connectivity index (χ1) is 14.9. The molecule has 0 aliphatic carbocycles. The van der Waals surface area contributed by atoms with Gasteiger partial charge in [0.15, 0.2) is 5.75 Å². The normalized spacial score (nSPS) is 12.5. The number of nitrogens with zero attached hydrogens (tertiary/aromatic N) is 1. The second-order valence-electron chi connectivity index (χ2n) is 8.04. The third-order valence-electron chi connectivity index (χ3n) is 4.69. The SMILES string of the molecule is COc1c(NC(=O)c2cc3c(Cl)ccc([N+](=O)[O-])c3s2)cc(C(C)(C)C)cc1N[S+](C)[O-]. The molecule has 0 spiro atoms. The number of hydrogen-bond donors (Lipinski definition) is 2. The molecule has 11 heteroatoms. The van der Waals surface area contributed by atoms with Gasteiger partial charge in [0.2, 0.25) is 0 Å². The van der Waals surface area contributed by atoms with Gasteiger partial charge >= 0.3 is 0 Å². The zero-order valence-electron chi connectivity index (χ0n) is 18.1. The zero-order valence-corrected chi connectivity index (χ0v) is 20.5. The summed E-state index contributed by atoms with van der Waals surface area (Å²) in [6.07, 6.45) is 1.50. The fourth-order valence-electron chi connectivity index (χ4n) is 3.12. The smallest absolute Gasteiger partial charge is 0.287 e. The summed E-state index contributed by atoms with van der Waals surface area (Å²) in [7, 11) is 1.45. The largest absolute Gasteiger partial charge is 0.593 e. The third-order valence-corrected chi connectivity index (χ3v) is 6.68. The maximum atomic E-state index is 13.1. The molecule has 0 aliphatic rings. The Bertz CT molecular complexity index is 1200. The Morgan fingerprint density at radius 2 is 1.88 bits per heavy atom. The van der Waals surface area contributed by atoms with Crippen molar-refractivity contribution in [1.29, 1.82) is 0 Å². The third kappa shape index (κ3) is 4.93. The minimum Gasteiger partial charge on any atom is -0.593 e. The molecule has 0 radical (unpaired) electrons. The van der Waals surface area contributed by atoms with E-state index in [0.29, 0.717) is 32.2 Å². The molecule has 170 valence electrons. The second kappa shape index (κ2) is 9.14. The molecule has 0 saturated heterocycles. The number of thiophene rings is 1. The molecular weight excluding hydrogens is 474 g/mol. The van der Waals surface area contributed by atoms with Crippen LogP contribution >= 0.6 is 22.9 Å². The molecular formula is C21H22ClN3O5S2. The van der Waals surface area contributed by atoms with Crippen molar-refractivity contribution in [3.8, 4) is 5.75 Å². The summed E-state index contributed by atoms with van der Waals surface area (Å²) in [6, 6.07) is 7.92. The average molecular weight is 496 g/mol. The Hall–Kier alpha value is -2.53. The Morgan fingerprint density at radius 1 is 1.22 bits per heavy atom. The summed E-state index contributed by atoms with van der Waals surface area (Å²) in [5, 5.41) is 14.9. The monoisotopic (exact) mass is 495 g/mol. The molecule has 3 rings (SSSR count). The Balaban J connectivity index is 2.08. The minimum atomic E-state index is -1.36. The lowest BCUT2D eigenvalue weighted by molar-refractivity contribution is -0.382. The van der Waals surface area contributed by atoms with Gasteiger partial charge in [-0.1, -0.05) is 32.4 Å². The average Bonchev–Trinajstić information content (AvgIpc) is 3.13. The van der Waals surface area contributed by atoms with Gasteiger partial charge in [0, 0.05) is 16.5 Å². The zero-order chi connectivity index (χ0) is 23.8. The maximum absolute atomic E-state index is 13.1. The first-order valence-electron chi connectivity index (χ1n) is 9.42. The van der Waals surface area contributed by atoms with E-state index in [1.807, 2.05) is 26.8 Å². The number of methoxy groups -OCH3 is 1. The van der Waals surface area contributed by atoms with Crippen LogP contribution < -0.4 is 14.8 Å². The highest BCUT2D eigenvalue weighted by Crippen LogP contribution is 2.41. The van der Waals surface area contributed by atoms with Crippen LogP contribution in [0.25, 0.3) is 10.1 Å². The number of ether oxygens (including phenoxy) is 1. The molecule has 1 aromatic heterocycles. The molecule has 1 unspecified atom stereocenters. The quantitative estimate of drug-likeness (QED) is 0.256. The second-order valence-corrected chi connectivity index (χ2v) is 10.6. The molecule has 0 saturated carbocycles. The number of nitro benzene ring substituents is 1. The number of nitro groups is 1. The van der Waals surface area contributed by atoms with Gasteiger partial charge in [0.1, 0.15) is 16.6 Å². The van der Waals surface area contributed by atoms with E-state index in [2.05, 4.69) is 10.0 Å². The van der Waals surface area contributed by atoms with Crippen LogP contribution in [0.15, 0.2) is 30.3 Å². The van der Waals surface area contributed by atoms with E-state index >= 15 is 0 Å². The van der Waals surface area contributed by atoms with Crippen molar-refractivity contribution in [3.05, 3.63) is 55.9 Å². The van der Waals surface area contributed by atoms with Gasteiger partial charge in [-0.25, -0.2) is 4.72 Å². The molecule has 0 bridgehead atoms. The number of nitrogens with one attached hydrogen (secondary N) is 2. The Morgan fingerprint density at radius 3 is 2.44 bits per heavy atom. The van der Waals surface area contributed by atoms with Crippen LogP contribution in [0.3, 0.4) is 0 Å². The number of fused-ring (bicyclic) bond motifs is 1.